The number of benzene rings is 2. The Balaban J connectivity index is 1.84. The lowest BCUT2D eigenvalue weighted by Crippen LogP contribution is -2.28. The van der Waals surface area contributed by atoms with Gasteiger partial charge in [0.15, 0.2) is 0 Å². The van der Waals surface area contributed by atoms with Crippen LogP contribution in [0.25, 0.3) is 0 Å². The summed E-state index contributed by atoms with van der Waals surface area (Å²) in [5, 5.41) is 2.85. The fourth-order valence-corrected chi connectivity index (χ4v) is 2.56. The molecule has 0 aliphatic carbocycles. The van der Waals surface area contributed by atoms with Crippen molar-refractivity contribution in [2.24, 2.45) is 0 Å². The second-order valence-electron chi connectivity index (χ2n) is 5.56. The molecule has 0 aliphatic rings. The molecule has 4 nitrogen and oxygen atoms in total. The second kappa shape index (κ2) is 7.68. The highest BCUT2D eigenvalue weighted by atomic mass is 16.5. The second-order valence-corrected chi connectivity index (χ2v) is 5.56. The molecule has 0 heterocycles. The van der Waals surface area contributed by atoms with Crippen LogP contribution in [0, 0.1) is 20.8 Å². The van der Waals surface area contributed by atoms with Gasteiger partial charge in [-0.3, -0.25) is 4.79 Å². The van der Waals surface area contributed by atoms with E-state index in [-0.39, 0.29) is 5.91 Å². The van der Waals surface area contributed by atoms with Crippen LogP contribution >= 0.6 is 0 Å². The maximum absolute atomic E-state index is 12.0. The third kappa shape index (κ3) is 4.49. The standard InChI is InChI=1S/C19H23NO3/c1-13-11-14(2)18(15(3)12-13)23-10-9-20-19(21)16-5-7-17(22-4)8-6-16/h5-8,11-12H,9-10H2,1-4H3,(H,20,21). The van der Waals surface area contributed by atoms with Crippen molar-refractivity contribution >= 4 is 5.91 Å². The number of aryl methyl sites for hydroxylation is 3. The van der Waals surface area contributed by atoms with Gasteiger partial charge in [-0.25, -0.2) is 0 Å². The minimum absolute atomic E-state index is 0.117. The monoisotopic (exact) mass is 313 g/mol. The first kappa shape index (κ1) is 16.9. The van der Waals surface area contributed by atoms with E-state index >= 15 is 0 Å². The van der Waals surface area contributed by atoms with Gasteiger partial charge in [0.1, 0.15) is 18.1 Å². The highest BCUT2D eigenvalue weighted by Crippen LogP contribution is 2.24. The van der Waals surface area contributed by atoms with Gasteiger partial charge in [-0.05, 0) is 56.2 Å². The van der Waals surface area contributed by atoms with Crippen molar-refractivity contribution in [1.82, 2.24) is 5.32 Å². The molecular weight excluding hydrogens is 290 g/mol. The molecule has 122 valence electrons. The molecule has 0 aliphatic heterocycles. The summed E-state index contributed by atoms with van der Waals surface area (Å²) in [6.45, 7) is 7.03. The van der Waals surface area contributed by atoms with Crippen molar-refractivity contribution in [3.63, 3.8) is 0 Å². The summed E-state index contributed by atoms with van der Waals surface area (Å²) in [5.74, 6) is 1.51. The Morgan fingerprint density at radius 1 is 1.04 bits per heavy atom. The van der Waals surface area contributed by atoms with Crippen LogP contribution in [0.4, 0.5) is 0 Å². The third-order valence-electron chi connectivity index (χ3n) is 3.59. The van der Waals surface area contributed by atoms with Gasteiger partial charge >= 0.3 is 0 Å². The maximum atomic E-state index is 12.0. The molecule has 2 aromatic rings. The van der Waals surface area contributed by atoms with E-state index in [0.29, 0.717) is 18.7 Å². The molecule has 2 rings (SSSR count). The lowest BCUT2D eigenvalue weighted by Gasteiger charge is -2.13. The van der Waals surface area contributed by atoms with Gasteiger partial charge in [0.25, 0.3) is 5.91 Å². The zero-order chi connectivity index (χ0) is 16.8. The summed E-state index contributed by atoms with van der Waals surface area (Å²) in [6.07, 6.45) is 0. The lowest BCUT2D eigenvalue weighted by molar-refractivity contribution is 0.0947. The number of carbonyl (C=O) groups is 1. The van der Waals surface area contributed by atoms with E-state index in [9.17, 15) is 4.79 Å². The van der Waals surface area contributed by atoms with Crippen LogP contribution in [-0.4, -0.2) is 26.2 Å². The molecule has 0 spiro atoms. The Labute approximate surface area is 137 Å². The number of ether oxygens (including phenoxy) is 2. The quantitative estimate of drug-likeness (QED) is 0.831. The van der Waals surface area contributed by atoms with Crippen molar-refractivity contribution in [1.29, 1.82) is 0 Å². The van der Waals surface area contributed by atoms with Crippen molar-refractivity contribution in [2.75, 3.05) is 20.3 Å². The van der Waals surface area contributed by atoms with E-state index in [1.807, 2.05) is 13.8 Å². The highest BCUT2D eigenvalue weighted by molar-refractivity contribution is 5.94. The van der Waals surface area contributed by atoms with Crippen LogP contribution in [0.3, 0.4) is 0 Å². The Morgan fingerprint density at radius 2 is 1.65 bits per heavy atom. The maximum Gasteiger partial charge on any atom is 0.251 e. The lowest BCUT2D eigenvalue weighted by atomic mass is 10.1. The van der Waals surface area contributed by atoms with Crippen LogP contribution in [0.2, 0.25) is 0 Å². The first-order chi connectivity index (χ1) is 11.0. The summed E-state index contributed by atoms with van der Waals surface area (Å²) >= 11 is 0. The molecule has 0 saturated carbocycles. The van der Waals surface area contributed by atoms with Gasteiger partial charge in [-0.15, -0.1) is 0 Å². The predicted octanol–water partition coefficient (Wildman–Crippen LogP) is 3.43. The summed E-state index contributed by atoms with van der Waals surface area (Å²) in [5.41, 5.74) is 4.06. The Hall–Kier alpha value is -2.49. The number of nitrogens with one attached hydrogen (secondary N) is 1. The van der Waals surface area contributed by atoms with Gasteiger partial charge in [0.05, 0.1) is 13.7 Å². The number of hydrogen-bond donors (Lipinski definition) is 1. The Bertz CT molecular complexity index is 655. The summed E-state index contributed by atoms with van der Waals surface area (Å²) < 4.78 is 10.9. The first-order valence-electron chi connectivity index (χ1n) is 7.64. The van der Waals surface area contributed by atoms with E-state index in [1.54, 1.807) is 31.4 Å². The molecule has 0 unspecified atom stereocenters. The average molecular weight is 313 g/mol. The van der Waals surface area contributed by atoms with Gasteiger partial charge in [-0.2, -0.15) is 0 Å². The number of amides is 1. The highest BCUT2D eigenvalue weighted by Gasteiger charge is 2.07. The zero-order valence-electron chi connectivity index (χ0n) is 14.1. The molecule has 0 saturated heterocycles. The van der Waals surface area contributed by atoms with Gasteiger partial charge in [0.2, 0.25) is 0 Å². The molecule has 0 fully saturated rings. The van der Waals surface area contributed by atoms with E-state index in [0.717, 1.165) is 22.6 Å². The molecule has 2 aromatic carbocycles. The van der Waals surface area contributed by atoms with Crippen molar-refractivity contribution in [3.8, 4) is 11.5 Å². The average Bonchev–Trinajstić information content (AvgIpc) is 2.53. The van der Waals surface area contributed by atoms with Gasteiger partial charge < -0.3 is 14.8 Å². The van der Waals surface area contributed by atoms with E-state index in [1.165, 1.54) is 5.56 Å². The van der Waals surface area contributed by atoms with Crippen molar-refractivity contribution in [2.45, 2.75) is 20.8 Å². The predicted molar refractivity (Wildman–Crippen MR) is 91.5 cm³/mol. The molecule has 0 aromatic heterocycles. The van der Waals surface area contributed by atoms with Crippen LogP contribution in [0.15, 0.2) is 36.4 Å². The SMILES string of the molecule is COc1ccc(C(=O)NCCOc2c(C)cc(C)cc2C)cc1. The first-order valence-corrected chi connectivity index (χ1v) is 7.64. The summed E-state index contributed by atoms with van der Waals surface area (Å²) in [4.78, 5) is 12.0. The topological polar surface area (TPSA) is 47.6 Å². The smallest absolute Gasteiger partial charge is 0.251 e. The molecule has 23 heavy (non-hydrogen) atoms. The fourth-order valence-electron chi connectivity index (χ4n) is 2.56. The summed E-state index contributed by atoms with van der Waals surface area (Å²) in [6, 6.07) is 11.2. The van der Waals surface area contributed by atoms with E-state index in [2.05, 4.69) is 24.4 Å². The molecule has 1 N–H and O–H groups in total. The largest absolute Gasteiger partial charge is 0.497 e. The third-order valence-corrected chi connectivity index (χ3v) is 3.59. The van der Waals surface area contributed by atoms with Gasteiger partial charge in [0, 0.05) is 5.56 Å². The van der Waals surface area contributed by atoms with E-state index in [4.69, 9.17) is 9.47 Å². The van der Waals surface area contributed by atoms with Gasteiger partial charge in [-0.1, -0.05) is 17.7 Å². The van der Waals surface area contributed by atoms with Crippen LogP contribution in [0.5, 0.6) is 11.5 Å². The Morgan fingerprint density at radius 3 is 2.22 bits per heavy atom. The number of rotatable bonds is 6. The van der Waals surface area contributed by atoms with Crippen LogP contribution in [-0.2, 0) is 0 Å². The van der Waals surface area contributed by atoms with E-state index < -0.39 is 0 Å². The molecule has 0 atom stereocenters. The molecule has 0 radical (unpaired) electrons. The number of methoxy groups -OCH3 is 1. The van der Waals surface area contributed by atoms with Crippen LogP contribution < -0.4 is 14.8 Å². The normalized spacial score (nSPS) is 10.3. The fraction of sp³-hybridized carbons (Fsp3) is 0.316. The molecule has 1 amide bonds. The molecule has 4 heteroatoms. The summed E-state index contributed by atoms with van der Waals surface area (Å²) in [7, 11) is 1.60. The van der Waals surface area contributed by atoms with Crippen molar-refractivity contribution < 1.29 is 14.3 Å². The minimum Gasteiger partial charge on any atom is -0.497 e. The van der Waals surface area contributed by atoms with Crippen LogP contribution in [0.1, 0.15) is 27.0 Å². The molecular formula is C19H23NO3. The minimum atomic E-state index is -0.117. The zero-order valence-corrected chi connectivity index (χ0v) is 14.1. The Kier molecular flexibility index (Phi) is 5.63. The number of hydrogen-bond acceptors (Lipinski definition) is 3. The molecule has 0 bridgehead atoms. The number of carbonyl (C=O) groups excluding carboxylic acids is 1. The van der Waals surface area contributed by atoms with Crippen molar-refractivity contribution in [3.05, 3.63) is 58.7 Å².